The molecule has 3 rings (SSSR count). The Hall–Kier alpha value is -2.80. The Kier molecular flexibility index (Phi) is 3.56. The number of amides is 1. The Morgan fingerprint density at radius 3 is 2.64 bits per heavy atom. The Morgan fingerprint density at radius 2 is 1.91 bits per heavy atom. The highest BCUT2D eigenvalue weighted by atomic mass is 32.1. The minimum absolute atomic E-state index is 0.0217. The van der Waals surface area contributed by atoms with Crippen molar-refractivity contribution in [2.45, 2.75) is 0 Å². The van der Waals surface area contributed by atoms with Crippen LogP contribution < -0.4 is 11.0 Å². The van der Waals surface area contributed by atoms with Gasteiger partial charge in [-0.25, -0.2) is 4.39 Å². The summed E-state index contributed by atoms with van der Waals surface area (Å²) in [6.07, 6.45) is 0. The van der Waals surface area contributed by atoms with Crippen molar-refractivity contribution in [1.29, 1.82) is 0 Å². The van der Waals surface area contributed by atoms with Crippen LogP contribution in [0.3, 0.4) is 0 Å². The lowest BCUT2D eigenvalue weighted by molar-refractivity contribution is 0.101. The van der Waals surface area contributed by atoms with Gasteiger partial charge in [-0.2, -0.15) is 4.68 Å². The van der Waals surface area contributed by atoms with Crippen molar-refractivity contribution in [1.82, 2.24) is 9.66 Å². The summed E-state index contributed by atoms with van der Waals surface area (Å²) in [5, 5.41) is 0.0990. The fourth-order valence-electron chi connectivity index (χ4n) is 2.04. The quantitative estimate of drug-likeness (QED) is 0.714. The SMILES string of the molecule is O=C(Nn1c(=S)[nH]c2ccc(F)cc2c1=O)c1ccccc1. The van der Waals surface area contributed by atoms with E-state index in [0.717, 1.165) is 10.7 Å². The average molecular weight is 315 g/mol. The van der Waals surface area contributed by atoms with E-state index in [2.05, 4.69) is 10.4 Å². The maximum atomic E-state index is 13.3. The molecule has 0 aliphatic heterocycles. The molecule has 0 radical (unpaired) electrons. The van der Waals surface area contributed by atoms with Crippen molar-refractivity contribution >= 4 is 29.0 Å². The van der Waals surface area contributed by atoms with Crippen LogP contribution in [-0.2, 0) is 0 Å². The van der Waals surface area contributed by atoms with Crippen LogP contribution in [0, 0.1) is 10.6 Å². The standard InChI is InChI=1S/C15H10FN3O2S/c16-10-6-7-12-11(8-10)14(21)19(15(22)17-12)18-13(20)9-4-2-1-3-5-9/h1-8H,(H,17,22)(H,18,20). The molecule has 2 N–H and O–H groups in total. The molecular weight excluding hydrogens is 305 g/mol. The van der Waals surface area contributed by atoms with E-state index in [9.17, 15) is 14.0 Å². The number of nitrogens with one attached hydrogen (secondary N) is 2. The van der Waals surface area contributed by atoms with Crippen molar-refractivity contribution in [3.05, 3.63) is 75.0 Å². The van der Waals surface area contributed by atoms with Crippen LogP contribution in [0.4, 0.5) is 4.39 Å². The molecule has 0 atom stereocenters. The number of halogens is 1. The van der Waals surface area contributed by atoms with Gasteiger partial charge in [0, 0.05) is 5.56 Å². The van der Waals surface area contributed by atoms with E-state index >= 15 is 0 Å². The van der Waals surface area contributed by atoms with E-state index in [1.807, 2.05) is 0 Å². The smallest absolute Gasteiger partial charge is 0.281 e. The summed E-state index contributed by atoms with van der Waals surface area (Å²) >= 11 is 5.07. The maximum Gasteiger partial charge on any atom is 0.281 e. The lowest BCUT2D eigenvalue weighted by Crippen LogP contribution is -2.34. The van der Waals surface area contributed by atoms with Crippen molar-refractivity contribution in [2.75, 3.05) is 5.43 Å². The molecule has 0 aliphatic carbocycles. The number of rotatable bonds is 2. The number of hydrogen-bond donors (Lipinski definition) is 2. The van der Waals surface area contributed by atoms with Gasteiger partial charge in [-0.3, -0.25) is 15.0 Å². The molecule has 1 amide bonds. The Labute approximate surface area is 129 Å². The van der Waals surface area contributed by atoms with Crippen LogP contribution in [0.5, 0.6) is 0 Å². The minimum Gasteiger partial charge on any atom is -0.330 e. The van der Waals surface area contributed by atoms with E-state index < -0.39 is 17.3 Å². The molecule has 3 aromatic rings. The normalized spacial score (nSPS) is 10.6. The van der Waals surface area contributed by atoms with Crippen LogP contribution in [-0.4, -0.2) is 15.6 Å². The van der Waals surface area contributed by atoms with Crippen LogP contribution in [0.15, 0.2) is 53.3 Å². The molecule has 0 aliphatic rings. The number of aromatic amines is 1. The van der Waals surface area contributed by atoms with E-state index in [1.54, 1.807) is 30.3 Å². The zero-order chi connectivity index (χ0) is 15.7. The zero-order valence-corrected chi connectivity index (χ0v) is 12.0. The van der Waals surface area contributed by atoms with E-state index in [1.165, 1.54) is 12.1 Å². The van der Waals surface area contributed by atoms with Gasteiger partial charge in [-0.15, -0.1) is 0 Å². The van der Waals surface area contributed by atoms with Crippen LogP contribution >= 0.6 is 12.2 Å². The summed E-state index contributed by atoms with van der Waals surface area (Å²) in [5.74, 6) is -1.03. The highest BCUT2D eigenvalue weighted by Crippen LogP contribution is 2.09. The summed E-state index contributed by atoms with van der Waals surface area (Å²) in [7, 11) is 0. The van der Waals surface area contributed by atoms with Gasteiger partial charge in [0.05, 0.1) is 10.9 Å². The molecule has 0 bridgehead atoms. The van der Waals surface area contributed by atoms with Crippen molar-refractivity contribution in [2.24, 2.45) is 0 Å². The summed E-state index contributed by atoms with van der Waals surface area (Å²) in [6.45, 7) is 0. The predicted octanol–water partition coefficient (Wildman–Crippen LogP) is 2.58. The highest BCUT2D eigenvalue weighted by Gasteiger charge is 2.10. The summed E-state index contributed by atoms with van der Waals surface area (Å²) in [5.41, 5.74) is 2.60. The Bertz CT molecular complexity index is 979. The third-order valence-electron chi connectivity index (χ3n) is 3.11. The molecule has 0 saturated carbocycles. The monoisotopic (exact) mass is 315 g/mol. The third-order valence-corrected chi connectivity index (χ3v) is 3.39. The van der Waals surface area contributed by atoms with Gasteiger partial charge in [-0.05, 0) is 42.5 Å². The first-order valence-corrected chi connectivity index (χ1v) is 6.78. The molecule has 0 fully saturated rings. The average Bonchev–Trinajstić information content (AvgIpc) is 2.53. The van der Waals surface area contributed by atoms with Crippen LogP contribution in [0.25, 0.3) is 10.9 Å². The summed E-state index contributed by atoms with van der Waals surface area (Å²) in [4.78, 5) is 27.3. The lowest BCUT2D eigenvalue weighted by Gasteiger charge is -2.09. The van der Waals surface area contributed by atoms with Gasteiger partial charge in [0.2, 0.25) is 0 Å². The van der Waals surface area contributed by atoms with Crippen LogP contribution in [0.1, 0.15) is 10.4 Å². The summed E-state index contributed by atoms with van der Waals surface area (Å²) < 4.78 is 14.2. The number of H-pyrrole nitrogens is 1. The minimum atomic E-state index is -0.595. The second-order valence-corrected chi connectivity index (χ2v) is 4.95. The molecule has 7 heteroatoms. The second-order valence-electron chi connectivity index (χ2n) is 4.57. The van der Waals surface area contributed by atoms with Gasteiger partial charge in [0.1, 0.15) is 5.82 Å². The molecule has 2 aromatic carbocycles. The van der Waals surface area contributed by atoms with Gasteiger partial charge >= 0.3 is 0 Å². The van der Waals surface area contributed by atoms with Crippen molar-refractivity contribution in [3.63, 3.8) is 0 Å². The highest BCUT2D eigenvalue weighted by molar-refractivity contribution is 7.71. The number of benzene rings is 2. The van der Waals surface area contributed by atoms with Gasteiger partial charge in [0.15, 0.2) is 4.77 Å². The Morgan fingerprint density at radius 1 is 1.18 bits per heavy atom. The number of carbonyl (C=O) groups excluding carboxylic acids is 1. The molecule has 5 nitrogen and oxygen atoms in total. The fraction of sp³-hybridized carbons (Fsp3) is 0. The molecule has 1 aromatic heterocycles. The van der Waals surface area contributed by atoms with Crippen LogP contribution in [0.2, 0.25) is 0 Å². The molecule has 1 heterocycles. The van der Waals surface area contributed by atoms with Crippen molar-refractivity contribution < 1.29 is 9.18 Å². The third kappa shape index (κ3) is 2.53. The van der Waals surface area contributed by atoms with Gasteiger partial charge < -0.3 is 4.98 Å². The van der Waals surface area contributed by atoms with Gasteiger partial charge in [-0.1, -0.05) is 18.2 Å². The molecular formula is C15H10FN3O2S. The molecule has 0 unspecified atom stereocenters. The summed E-state index contributed by atoms with van der Waals surface area (Å²) in [6, 6.07) is 12.1. The van der Waals surface area contributed by atoms with Crippen molar-refractivity contribution in [3.8, 4) is 0 Å². The second kappa shape index (κ2) is 5.53. The molecule has 0 spiro atoms. The maximum absolute atomic E-state index is 13.3. The predicted molar refractivity (Wildman–Crippen MR) is 83.5 cm³/mol. The van der Waals surface area contributed by atoms with E-state index in [4.69, 9.17) is 12.2 Å². The largest absolute Gasteiger partial charge is 0.330 e. The number of nitrogens with zero attached hydrogens (tertiary/aromatic N) is 1. The lowest BCUT2D eigenvalue weighted by atomic mass is 10.2. The number of hydrogen-bond acceptors (Lipinski definition) is 3. The molecule has 22 heavy (non-hydrogen) atoms. The molecule has 0 saturated heterocycles. The first-order valence-electron chi connectivity index (χ1n) is 6.37. The number of aromatic nitrogens is 2. The number of fused-ring (bicyclic) bond motifs is 1. The van der Waals surface area contributed by atoms with E-state index in [-0.39, 0.29) is 10.2 Å². The zero-order valence-electron chi connectivity index (χ0n) is 11.2. The van der Waals surface area contributed by atoms with Gasteiger partial charge in [0.25, 0.3) is 11.5 Å². The topological polar surface area (TPSA) is 66.9 Å². The first kappa shape index (κ1) is 14.2. The first-order chi connectivity index (χ1) is 10.6. The fourth-order valence-corrected chi connectivity index (χ4v) is 2.28. The number of carbonyl (C=O) groups is 1. The Balaban J connectivity index is 2.10. The molecule has 110 valence electrons. The van der Waals surface area contributed by atoms with E-state index in [0.29, 0.717) is 11.1 Å².